The van der Waals surface area contributed by atoms with E-state index in [0.717, 1.165) is 0 Å². The van der Waals surface area contributed by atoms with Gasteiger partial charge in [-0.2, -0.15) is 0 Å². The number of aryl methyl sites for hydroxylation is 1. The number of nitrogens with zero attached hydrogens (tertiary/aromatic N) is 2. The first-order valence-corrected chi connectivity index (χ1v) is 4.50. The maximum absolute atomic E-state index is 11.4. The van der Waals surface area contributed by atoms with E-state index in [4.69, 9.17) is 5.11 Å². The number of aliphatic hydroxyl groups excluding tert-OH is 1. The van der Waals surface area contributed by atoms with Gasteiger partial charge in [-0.3, -0.25) is 9.89 Å². The Balaban J connectivity index is 2.60. The molecule has 0 aromatic carbocycles. The number of amides is 1. The molecule has 78 valence electrons. The molecule has 1 atom stereocenters. The third-order valence-electron chi connectivity index (χ3n) is 1.72. The second-order valence-electron chi connectivity index (χ2n) is 3.02. The zero-order chi connectivity index (χ0) is 10.6. The number of hydrogen-bond acceptors (Lipinski definition) is 4. The van der Waals surface area contributed by atoms with E-state index in [1.165, 1.54) is 0 Å². The van der Waals surface area contributed by atoms with E-state index >= 15 is 0 Å². The standard InChI is InChI=1S/C8H14N4O2/c1-3-6-10-7(12-11-6)8(14)9-5(2)4-13/h5,13H,3-4H2,1-2H3,(H,9,14)(H,10,11,12)/t5-/m1/s1. The van der Waals surface area contributed by atoms with E-state index in [2.05, 4.69) is 20.5 Å². The second-order valence-corrected chi connectivity index (χ2v) is 3.02. The van der Waals surface area contributed by atoms with Gasteiger partial charge in [-0.15, -0.1) is 5.10 Å². The van der Waals surface area contributed by atoms with Crippen molar-refractivity contribution in [3.8, 4) is 0 Å². The highest BCUT2D eigenvalue weighted by atomic mass is 16.3. The fourth-order valence-electron chi connectivity index (χ4n) is 0.889. The molecule has 0 saturated heterocycles. The lowest BCUT2D eigenvalue weighted by Crippen LogP contribution is -2.35. The summed E-state index contributed by atoms with van der Waals surface area (Å²) in [4.78, 5) is 15.3. The van der Waals surface area contributed by atoms with Crippen molar-refractivity contribution in [3.63, 3.8) is 0 Å². The zero-order valence-electron chi connectivity index (χ0n) is 8.24. The molecule has 14 heavy (non-hydrogen) atoms. The van der Waals surface area contributed by atoms with Crippen molar-refractivity contribution < 1.29 is 9.90 Å². The number of aromatic amines is 1. The molecule has 1 aromatic heterocycles. The summed E-state index contributed by atoms with van der Waals surface area (Å²) in [5.41, 5.74) is 0. The molecule has 0 fully saturated rings. The predicted octanol–water partition coefficient (Wildman–Crippen LogP) is -0.522. The molecule has 0 aliphatic heterocycles. The Labute approximate surface area is 81.7 Å². The molecule has 1 heterocycles. The first-order chi connectivity index (χ1) is 6.67. The van der Waals surface area contributed by atoms with Crippen LogP contribution in [0.15, 0.2) is 0 Å². The SMILES string of the molecule is CCc1nc(C(=O)N[C@H](C)CO)n[nH]1. The summed E-state index contributed by atoms with van der Waals surface area (Å²) >= 11 is 0. The molecule has 0 aliphatic rings. The molecule has 0 aliphatic carbocycles. The lowest BCUT2D eigenvalue weighted by atomic mass is 10.3. The van der Waals surface area contributed by atoms with E-state index in [-0.39, 0.29) is 24.4 Å². The minimum atomic E-state index is -0.373. The summed E-state index contributed by atoms with van der Waals surface area (Å²) in [7, 11) is 0. The van der Waals surface area contributed by atoms with Crippen LogP contribution in [0.25, 0.3) is 0 Å². The smallest absolute Gasteiger partial charge is 0.291 e. The highest BCUT2D eigenvalue weighted by molar-refractivity contribution is 5.90. The van der Waals surface area contributed by atoms with Crippen LogP contribution in [-0.2, 0) is 6.42 Å². The maximum atomic E-state index is 11.4. The fraction of sp³-hybridized carbons (Fsp3) is 0.625. The molecule has 0 bridgehead atoms. The van der Waals surface area contributed by atoms with E-state index < -0.39 is 0 Å². The largest absolute Gasteiger partial charge is 0.394 e. The molecular formula is C8H14N4O2. The number of carbonyl (C=O) groups excluding carboxylic acids is 1. The fourth-order valence-corrected chi connectivity index (χ4v) is 0.889. The van der Waals surface area contributed by atoms with Crippen molar-refractivity contribution in [1.29, 1.82) is 0 Å². The van der Waals surface area contributed by atoms with Crippen molar-refractivity contribution in [2.24, 2.45) is 0 Å². The topological polar surface area (TPSA) is 90.9 Å². The van der Waals surface area contributed by atoms with Gasteiger partial charge in [0.05, 0.1) is 6.61 Å². The van der Waals surface area contributed by atoms with Gasteiger partial charge < -0.3 is 10.4 Å². The molecular weight excluding hydrogens is 184 g/mol. The van der Waals surface area contributed by atoms with Crippen molar-refractivity contribution >= 4 is 5.91 Å². The molecule has 3 N–H and O–H groups in total. The van der Waals surface area contributed by atoms with Gasteiger partial charge in [0, 0.05) is 12.5 Å². The Morgan fingerprint density at radius 3 is 2.93 bits per heavy atom. The normalized spacial score (nSPS) is 12.5. The van der Waals surface area contributed by atoms with Gasteiger partial charge in [-0.25, -0.2) is 4.98 Å². The third-order valence-corrected chi connectivity index (χ3v) is 1.72. The average Bonchev–Trinajstić information content (AvgIpc) is 2.65. The van der Waals surface area contributed by atoms with Crippen LogP contribution in [0.1, 0.15) is 30.3 Å². The number of H-pyrrole nitrogens is 1. The number of nitrogens with one attached hydrogen (secondary N) is 2. The quantitative estimate of drug-likeness (QED) is 0.607. The third kappa shape index (κ3) is 2.53. The highest BCUT2D eigenvalue weighted by Crippen LogP contribution is 1.94. The molecule has 1 amide bonds. The number of hydrogen-bond donors (Lipinski definition) is 3. The molecule has 1 aromatic rings. The first kappa shape index (κ1) is 10.6. The van der Waals surface area contributed by atoms with Crippen molar-refractivity contribution in [2.75, 3.05) is 6.61 Å². The zero-order valence-corrected chi connectivity index (χ0v) is 8.24. The summed E-state index contributed by atoms with van der Waals surface area (Å²) < 4.78 is 0. The summed E-state index contributed by atoms with van der Waals surface area (Å²) in [6.07, 6.45) is 0.704. The van der Waals surface area contributed by atoms with Crippen LogP contribution in [0.3, 0.4) is 0 Å². The minimum absolute atomic E-state index is 0.100. The highest BCUT2D eigenvalue weighted by Gasteiger charge is 2.13. The van der Waals surface area contributed by atoms with E-state index in [1.54, 1.807) is 6.92 Å². The van der Waals surface area contributed by atoms with Gasteiger partial charge in [0.1, 0.15) is 5.82 Å². The summed E-state index contributed by atoms with van der Waals surface area (Å²) in [6, 6.07) is -0.286. The van der Waals surface area contributed by atoms with Crippen molar-refractivity contribution in [2.45, 2.75) is 26.3 Å². The first-order valence-electron chi connectivity index (χ1n) is 4.50. The Morgan fingerprint density at radius 2 is 2.43 bits per heavy atom. The number of carbonyl (C=O) groups is 1. The Hall–Kier alpha value is -1.43. The number of aromatic nitrogens is 3. The lowest BCUT2D eigenvalue weighted by Gasteiger charge is -2.07. The molecule has 0 saturated carbocycles. The molecule has 6 nitrogen and oxygen atoms in total. The second kappa shape index (κ2) is 4.71. The Bertz CT molecular complexity index is 310. The van der Waals surface area contributed by atoms with Crippen molar-refractivity contribution in [3.05, 3.63) is 11.6 Å². The number of rotatable bonds is 4. The van der Waals surface area contributed by atoms with Gasteiger partial charge in [0.2, 0.25) is 5.82 Å². The summed E-state index contributed by atoms with van der Waals surface area (Å²) in [5.74, 6) is 0.413. The van der Waals surface area contributed by atoms with Crippen LogP contribution < -0.4 is 5.32 Å². The van der Waals surface area contributed by atoms with Gasteiger partial charge in [0.25, 0.3) is 5.91 Å². The van der Waals surface area contributed by atoms with Gasteiger partial charge in [-0.05, 0) is 6.92 Å². The van der Waals surface area contributed by atoms with Crippen LogP contribution in [0.5, 0.6) is 0 Å². The predicted molar refractivity (Wildman–Crippen MR) is 49.8 cm³/mol. The average molecular weight is 198 g/mol. The molecule has 1 rings (SSSR count). The lowest BCUT2D eigenvalue weighted by molar-refractivity contribution is 0.0912. The van der Waals surface area contributed by atoms with Crippen LogP contribution in [0.4, 0.5) is 0 Å². The van der Waals surface area contributed by atoms with Crippen LogP contribution in [0.2, 0.25) is 0 Å². The van der Waals surface area contributed by atoms with Gasteiger partial charge in [0.15, 0.2) is 0 Å². The van der Waals surface area contributed by atoms with Crippen LogP contribution in [-0.4, -0.2) is 38.8 Å². The van der Waals surface area contributed by atoms with E-state index in [9.17, 15) is 4.79 Å². The van der Waals surface area contributed by atoms with E-state index in [0.29, 0.717) is 12.2 Å². The minimum Gasteiger partial charge on any atom is -0.394 e. The number of aliphatic hydroxyl groups is 1. The van der Waals surface area contributed by atoms with E-state index in [1.807, 2.05) is 6.92 Å². The monoisotopic (exact) mass is 198 g/mol. The summed E-state index contributed by atoms with van der Waals surface area (Å²) in [6.45, 7) is 3.51. The molecule has 0 spiro atoms. The molecule has 0 radical (unpaired) electrons. The van der Waals surface area contributed by atoms with Crippen molar-refractivity contribution in [1.82, 2.24) is 20.5 Å². The Kier molecular flexibility index (Phi) is 3.58. The molecule has 6 heteroatoms. The van der Waals surface area contributed by atoms with Gasteiger partial charge in [-0.1, -0.05) is 6.92 Å². The summed E-state index contributed by atoms with van der Waals surface area (Å²) in [5, 5.41) is 17.7. The van der Waals surface area contributed by atoms with Gasteiger partial charge >= 0.3 is 0 Å². The van der Waals surface area contributed by atoms with Crippen LogP contribution in [0, 0.1) is 0 Å². The van der Waals surface area contributed by atoms with Crippen LogP contribution >= 0.6 is 0 Å². The molecule has 0 unspecified atom stereocenters. The maximum Gasteiger partial charge on any atom is 0.291 e. The Morgan fingerprint density at radius 1 is 1.71 bits per heavy atom.